The van der Waals surface area contributed by atoms with Crippen molar-refractivity contribution in [3.8, 4) is 11.4 Å². The summed E-state index contributed by atoms with van der Waals surface area (Å²) >= 11 is 0. The number of esters is 1. The fourth-order valence-electron chi connectivity index (χ4n) is 9.05. The first kappa shape index (κ1) is 44.2. The number of methoxy groups -OCH3 is 1. The van der Waals surface area contributed by atoms with Crippen LogP contribution in [0.25, 0.3) is 11.4 Å². The highest BCUT2D eigenvalue weighted by Crippen LogP contribution is 2.43. The van der Waals surface area contributed by atoms with E-state index in [2.05, 4.69) is 20.4 Å². The largest absolute Gasteiger partial charge is 0.458 e. The number of ether oxygens (including phenoxy) is 5. The molecular weight excluding hydrogens is 738 g/mol. The summed E-state index contributed by atoms with van der Waals surface area (Å²) in [6.07, 6.45) is -0.572. The standard InChI is InChI=1S/C40H61N7O10/c1-12-29-40(8)33(46(38(52)57-40)18-13-19-47-43-35(42-44-47)27-14-16-41-17-15-27)24(4)30(48)22(2)21-39(7,53-11)34(25(5)31(49)26(6)36(51)55-29)56-37-32(50)28(45(9)10)20-23(3)54-37/h14-17,22-26,28-29,32-34,37,50H,12-13,18-21H2,1-11H3/t22-,23-,24+,25+,26-,28+,29-,32-,33-,34-,37+,39-,40-/m1/s1. The van der Waals surface area contributed by atoms with Crippen molar-refractivity contribution in [3.63, 3.8) is 0 Å². The molecule has 1 N–H and O–H groups in total. The molecule has 0 spiro atoms. The Morgan fingerprint density at radius 3 is 2.32 bits per heavy atom. The first-order valence-electron chi connectivity index (χ1n) is 20.0. The van der Waals surface area contributed by atoms with Crippen LogP contribution in [0, 0.1) is 23.7 Å². The number of carbonyl (C=O) groups excluding carboxylic acids is 4. The number of pyridine rings is 1. The molecule has 13 atom stereocenters. The van der Waals surface area contributed by atoms with Crippen molar-refractivity contribution in [1.82, 2.24) is 35.0 Å². The molecule has 316 valence electrons. The maximum atomic E-state index is 14.7. The number of cyclic esters (lactones) is 1. The molecule has 57 heavy (non-hydrogen) atoms. The highest BCUT2D eigenvalue weighted by molar-refractivity contribution is 6.00. The highest BCUT2D eigenvalue weighted by Gasteiger charge is 2.60. The fraction of sp³-hybridized carbons (Fsp3) is 0.750. The van der Waals surface area contributed by atoms with Crippen LogP contribution in [0.15, 0.2) is 24.5 Å². The van der Waals surface area contributed by atoms with Gasteiger partial charge in [0.25, 0.3) is 0 Å². The van der Waals surface area contributed by atoms with Crippen molar-refractivity contribution >= 4 is 23.6 Å². The number of likely N-dealkylation sites (N-methyl/N-ethyl adjacent to an activating group) is 1. The van der Waals surface area contributed by atoms with Gasteiger partial charge in [-0.05, 0) is 84.8 Å². The SMILES string of the molecule is CC[C@H]1OC(=O)[C@H](C)C(=O)[C@H](C)[C@@H](O[C@@H]2O[C@H](C)C[C@H](N(C)C)[C@H]2O)[C@](C)(OC)C[C@@H](C)C(=O)[C@H](C)[C@H]2N(CCCn3nnc(-c4ccncc4)n3)C(=O)O[C@]12C. The van der Waals surface area contributed by atoms with Gasteiger partial charge in [0.1, 0.15) is 23.9 Å². The van der Waals surface area contributed by atoms with Crippen molar-refractivity contribution in [3.05, 3.63) is 24.5 Å². The van der Waals surface area contributed by atoms with Crippen LogP contribution in [-0.2, 0) is 44.6 Å². The van der Waals surface area contributed by atoms with Gasteiger partial charge in [0, 0.05) is 55.4 Å². The number of aromatic nitrogens is 5. The van der Waals surface area contributed by atoms with E-state index < -0.39 is 83.4 Å². The molecule has 3 saturated heterocycles. The van der Waals surface area contributed by atoms with Gasteiger partial charge in [-0.1, -0.05) is 27.7 Å². The highest BCUT2D eigenvalue weighted by atomic mass is 16.7. The second-order valence-electron chi connectivity index (χ2n) is 16.7. The molecule has 0 radical (unpaired) electrons. The van der Waals surface area contributed by atoms with Crippen LogP contribution >= 0.6 is 0 Å². The third kappa shape index (κ3) is 9.07. The summed E-state index contributed by atoms with van der Waals surface area (Å²) in [5.41, 5.74) is -1.97. The second-order valence-corrected chi connectivity index (χ2v) is 16.7. The van der Waals surface area contributed by atoms with E-state index in [1.807, 2.05) is 25.9 Å². The Morgan fingerprint density at radius 2 is 1.68 bits per heavy atom. The predicted octanol–water partition coefficient (Wildman–Crippen LogP) is 3.33. The lowest BCUT2D eigenvalue weighted by Gasteiger charge is -2.47. The average Bonchev–Trinajstić information content (AvgIpc) is 3.76. The molecule has 3 aliphatic rings. The van der Waals surface area contributed by atoms with Crippen LogP contribution in [0.5, 0.6) is 0 Å². The minimum absolute atomic E-state index is 0.108. The average molecular weight is 800 g/mol. The van der Waals surface area contributed by atoms with Crippen molar-refractivity contribution in [2.24, 2.45) is 23.7 Å². The molecular formula is C40H61N7O10. The first-order chi connectivity index (χ1) is 26.9. The van der Waals surface area contributed by atoms with Crippen LogP contribution in [0.3, 0.4) is 0 Å². The van der Waals surface area contributed by atoms with E-state index in [0.29, 0.717) is 25.2 Å². The van der Waals surface area contributed by atoms with Gasteiger partial charge in [0.2, 0.25) is 5.82 Å². The number of nitrogens with zero attached hydrogens (tertiary/aromatic N) is 7. The van der Waals surface area contributed by atoms with E-state index in [4.69, 9.17) is 23.7 Å². The maximum Gasteiger partial charge on any atom is 0.410 e. The third-order valence-electron chi connectivity index (χ3n) is 12.3. The Hall–Kier alpha value is -3.90. The molecule has 0 saturated carbocycles. The van der Waals surface area contributed by atoms with Crippen LogP contribution in [-0.4, -0.2) is 145 Å². The topological polar surface area (TPSA) is 198 Å². The van der Waals surface area contributed by atoms with E-state index in [9.17, 15) is 24.3 Å². The zero-order valence-corrected chi connectivity index (χ0v) is 35.2. The number of aliphatic hydroxyl groups excluding tert-OH is 1. The van der Waals surface area contributed by atoms with Gasteiger partial charge in [-0.2, -0.15) is 4.80 Å². The monoisotopic (exact) mass is 799 g/mol. The summed E-state index contributed by atoms with van der Waals surface area (Å²) in [6, 6.07) is 2.42. The molecule has 17 heteroatoms. The first-order valence-corrected chi connectivity index (χ1v) is 20.0. The number of aryl methyl sites for hydroxylation is 1. The van der Waals surface area contributed by atoms with Gasteiger partial charge in [-0.15, -0.1) is 10.2 Å². The molecule has 5 rings (SSSR count). The summed E-state index contributed by atoms with van der Waals surface area (Å²) in [5.74, 6) is -4.69. The van der Waals surface area contributed by atoms with Crippen LogP contribution in [0.4, 0.5) is 4.79 Å². The van der Waals surface area contributed by atoms with Crippen LogP contribution in [0.1, 0.15) is 81.1 Å². The van der Waals surface area contributed by atoms with Crippen molar-refractivity contribution in [2.75, 3.05) is 27.7 Å². The number of ketones is 2. The normalized spacial score (nSPS) is 37.1. The van der Waals surface area contributed by atoms with E-state index in [-0.39, 0.29) is 37.3 Å². The number of fused-ring (bicyclic) bond motifs is 1. The van der Waals surface area contributed by atoms with Crippen molar-refractivity contribution in [1.29, 1.82) is 0 Å². The van der Waals surface area contributed by atoms with Crippen molar-refractivity contribution < 1.29 is 48.0 Å². The lowest BCUT2D eigenvalue weighted by Crippen LogP contribution is -2.60. The van der Waals surface area contributed by atoms with E-state index >= 15 is 0 Å². The van der Waals surface area contributed by atoms with Crippen LogP contribution in [0.2, 0.25) is 0 Å². The Balaban J connectivity index is 1.47. The number of tetrazole rings is 1. The second kappa shape index (κ2) is 17.9. The molecule has 2 aromatic heterocycles. The Labute approximate surface area is 335 Å². The molecule has 2 aromatic rings. The quantitative estimate of drug-likeness (QED) is 0.271. The molecule has 0 aromatic carbocycles. The Kier molecular flexibility index (Phi) is 13.9. The molecule has 0 unspecified atom stereocenters. The number of rotatable bonds is 10. The lowest BCUT2D eigenvalue weighted by molar-refractivity contribution is -0.295. The lowest BCUT2D eigenvalue weighted by atomic mass is 9.73. The fourth-order valence-corrected chi connectivity index (χ4v) is 9.05. The number of hydrogen-bond acceptors (Lipinski definition) is 15. The zero-order valence-electron chi connectivity index (χ0n) is 35.2. The number of hydrogen-bond donors (Lipinski definition) is 1. The molecule has 0 bridgehead atoms. The molecule has 3 fully saturated rings. The van der Waals surface area contributed by atoms with E-state index in [1.54, 1.807) is 66.1 Å². The number of amides is 1. The minimum Gasteiger partial charge on any atom is -0.458 e. The summed E-state index contributed by atoms with van der Waals surface area (Å²) in [6.45, 7) is 14.3. The smallest absolute Gasteiger partial charge is 0.410 e. The van der Waals surface area contributed by atoms with Gasteiger partial charge in [0.05, 0.1) is 30.4 Å². The number of Topliss-reactive ketones (excluding diaryl/α,β-unsaturated/α-hetero) is 2. The predicted molar refractivity (Wildman–Crippen MR) is 205 cm³/mol. The minimum atomic E-state index is -1.45. The van der Waals surface area contributed by atoms with Gasteiger partial charge in [-0.25, -0.2) is 4.79 Å². The molecule has 3 aliphatic heterocycles. The van der Waals surface area contributed by atoms with E-state index in [0.717, 1.165) is 5.56 Å². The zero-order chi connectivity index (χ0) is 42.0. The molecule has 17 nitrogen and oxygen atoms in total. The van der Waals surface area contributed by atoms with Gasteiger partial charge in [-0.3, -0.25) is 19.4 Å². The third-order valence-corrected chi connectivity index (χ3v) is 12.3. The molecule has 5 heterocycles. The van der Waals surface area contributed by atoms with Gasteiger partial charge >= 0.3 is 12.1 Å². The molecule has 0 aliphatic carbocycles. The van der Waals surface area contributed by atoms with Crippen molar-refractivity contribution in [2.45, 2.75) is 142 Å². The summed E-state index contributed by atoms with van der Waals surface area (Å²) < 4.78 is 31.1. The molecule has 1 amide bonds. The maximum absolute atomic E-state index is 14.7. The van der Waals surface area contributed by atoms with Crippen LogP contribution < -0.4 is 0 Å². The number of carbonyl (C=O) groups is 4. The van der Waals surface area contributed by atoms with Gasteiger partial charge in [0.15, 0.2) is 17.7 Å². The summed E-state index contributed by atoms with van der Waals surface area (Å²) in [4.78, 5) is 65.6. The van der Waals surface area contributed by atoms with Gasteiger partial charge < -0.3 is 38.6 Å². The van der Waals surface area contributed by atoms with E-state index in [1.165, 1.54) is 23.7 Å². The summed E-state index contributed by atoms with van der Waals surface area (Å²) in [7, 11) is 5.21. The Morgan fingerprint density at radius 1 is 1.00 bits per heavy atom. The Bertz CT molecular complexity index is 1730. The number of aliphatic hydroxyl groups is 1. The summed E-state index contributed by atoms with van der Waals surface area (Å²) in [5, 5.41) is 24.2.